The Labute approximate surface area is 178 Å². The van der Waals surface area contributed by atoms with Crippen molar-refractivity contribution in [1.29, 1.82) is 0 Å². The molecule has 5 N–H and O–H groups in total. The molecular weight excluding hydrogens is 418 g/mol. The molecule has 9 nitrogen and oxygen atoms in total. The highest BCUT2D eigenvalue weighted by Gasteiger charge is 2.20. The number of pyridine rings is 1. The van der Waals surface area contributed by atoms with Crippen LogP contribution in [0.1, 0.15) is 21.7 Å². The molecule has 4 aromatic rings. The normalized spacial score (nSPS) is 11.6. The van der Waals surface area contributed by atoms with Crippen LogP contribution in [0.3, 0.4) is 0 Å². The van der Waals surface area contributed by atoms with Crippen LogP contribution in [-0.4, -0.2) is 34.7 Å². The highest BCUT2D eigenvalue weighted by atomic mass is 32.2. The van der Waals surface area contributed by atoms with E-state index in [2.05, 4.69) is 20.5 Å². The van der Waals surface area contributed by atoms with Gasteiger partial charge in [-0.15, -0.1) is 0 Å². The predicted octanol–water partition coefficient (Wildman–Crippen LogP) is 3.33. The lowest BCUT2D eigenvalue weighted by molar-refractivity contribution is 0.0697. The number of aromatic nitrogens is 3. The summed E-state index contributed by atoms with van der Waals surface area (Å²) >= 11 is 0. The van der Waals surface area contributed by atoms with Crippen molar-refractivity contribution in [3.63, 3.8) is 0 Å². The molecule has 10 heteroatoms. The minimum atomic E-state index is -4.09. The van der Waals surface area contributed by atoms with Crippen molar-refractivity contribution in [2.45, 2.75) is 18.7 Å². The molecule has 0 amide bonds. The number of carbonyl (C=O) groups is 1. The summed E-state index contributed by atoms with van der Waals surface area (Å²) in [6.07, 6.45) is 1.19. The molecule has 0 spiro atoms. The number of primary sulfonamides is 1. The number of aromatic carboxylic acids is 1. The second-order valence-corrected chi connectivity index (χ2v) is 8.62. The second kappa shape index (κ2) is 7.49. The summed E-state index contributed by atoms with van der Waals surface area (Å²) in [5, 5.41) is 25.3. The Morgan fingerprint density at radius 1 is 1.16 bits per heavy atom. The maximum Gasteiger partial charge on any atom is 0.335 e. The fourth-order valence-electron chi connectivity index (χ4n) is 3.53. The van der Waals surface area contributed by atoms with E-state index in [1.165, 1.54) is 18.3 Å². The third-order valence-electron chi connectivity index (χ3n) is 4.94. The number of nitrogens with two attached hydrogens (primary N) is 1. The fraction of sp³-hybridized carbons (Fsp3) is 0.0952. The summed E-state index contributed by atoms with van der Waals surface area (Å²) in [6.45, 7) is 3.81. The van der Waals surface area contributed by atoms with Crippen molar-refractivity contribution >= 4 is 38.3 Å². The van der Waals surface area contributed by atoms with Crippen LogP contribution in [0.25, 0.3) is 22.0 Å². The number of hydrogen-bond donors (Lipinski definition) is 4. The Hall–Kier alpha value is -3.76. The topological polar surface area (TPSA) is 151 Å². The number of aryl methyl sites for hydroxylation is 2. The summed E-state index contributed by atoms with van der Waals surface area (Å²) in [7, 11) is -4.09. The van der Waals surface area contributed by atoms with E-state index in [0.717, 1.165) is 22.5 Å². The standard InChI is InChI=1S/C21H19N5O4S/c1-11-19(12(2)26-25-11)13-6-7-16-17(9-13)23-10-18(31(22,29)30)20(16)24-15-5-3-4-14(8-15)21(27)28/h3-10H,1-2H3,(H,23,24)(H,25,26)(H,27,28)(H2,22,29,30). The van der Waals surface area contributed by atoms with Crippen molar-refractivity contribution in [3.05, 3.63) is 65.6 Å². The monoisotopic (exact) mass is 437 g/mol. The molecule has 0 radical (unpaired) electrons. The zero-order chi connectivity index (χ0) is 22.3. The number of rotatable bonds is 5. The number of nitrogens with zero attached hydrogens (tertiary/aromatic N) is 2. The number of sulfonamides is 1. The van der Waals surface area contributed by atoms with Gasteiger partial charge >= 0.3 is 5.97 Å². The van der Waals surface area contributed by atoms with Crippen molar-refractivity contribution in [2.75, 3.05) is 5.32 Å². The molecule has 0 unspecified atom stereocenters. The molecule has 0 aliphatic rings. The van der Waals surface area contributed by atoms with Gasteiger partial charge < -0.3 is 10.4 Å². The SMILES string of the molecule is Cc1n[nH]c(C)c1-c1ccc2c(Nc3cccc(C(=O)O)c3)c(S(N)(=O)=O)cnc2c1. The number of H-pyrrole nitrogens is 1. The van der Waals surface area contributed by atoms with Gasteiger partial charge in [-0.2, -0.15) is 5.10 Å². The predicted molar refractivity (Wildman–Crippen MR) is 117 cm³/mol. The maximum absolute atomic E-state index is 12.2. The zero-order valence-electron chi connectivity index (χ0n) is 16.7. The number of carboxylic acids is 1. The molecule has 0 aliphatic heterocycles. The summed E-state index contributed by atoms with van der Waals surface area (Å²) in [6, 6.07) is 11.5. The Morgan fingerprint density at radius 3 is 2.58 bits per heavy atom. The van der Waals surface area contributed by atoms with Gasteiger partial charge in [-0.3, -0.25) is 10.1 Å². The van der Waals surface area contributed by atoms with Gasteiger partial charge in [-0.05, 0) is 43.7 Å². The van der Waals surface area contributed by atoms with Crippen LogP contribution < -0.4 is 10.5 Å². The molecule has 2 aromatic carbocycles. The van der Waals surface area contributed by atoms with Crippen molar-refractivity contribution in [3.8, 4) is 11.1 Å². The van der Waals surface area contributed by atoms with Gasteiger partial charge in [0.15, 0.2) is 0 Å². The van der Waals surface area contributed by atoms with E-state index < -0.39 is 16.0 Å². The first-order valence-electron chi connectivity index (χ1n) is 9.23. The van der Waals surface area contributed by atoms with E-state index in [4.69, 9.17) is 5.14 Å². The molecule has 0 fully saturated rings. The third kappa shape index (κ3) is 3.86. The number of benzene rings is 2. The summed E-state index contributed by atoms with van der Waals surface area (Å²) in [5.74, 6) is -1.09. The molecule has 0 bridgehead atoms. The highest BCUT2D eigenvalue weighted by Crippen LogP contribution is 2.35. The van der Waals surface area contributed by atoms with Gasteiger partial charge in [0.25, 0.3) is 0 Å². The second-order valence-electron chi connectivity index (χ2n) is 7.09. The van der Waals surface area contributed by atoms with E-state index in [9.17, 15) is 18.3 Å². The minimum absolute atomic E-state index is 0.0636. The van der Waals surface area contributed by atoms with Crippen LogP contribution in [0.4, 0.5) is 11.4 Å². The molecule has 0 saturated carbocycles. The number of aromatic amines is 1. The summed E-state index contributed by atoms with van der Waals surface area (Å²) in [5.41, 5.74) is 4.80. The van der Waals surface area contributed by atoms with Crippen LogP contribution >= 0.6 is 0 Å². The van der Waals surface area contributed by atoms with Crippen molar-refractivity contribution < 1.29 is 18.3 Å². The minimum Gasteiger partial charge on any atom is -0.478 e. The van der Waals surface area contributed by atoms with E-state index in [1.807, 2.05) is 26.0 Å². The van der Waals surface area contributed by atoms with Gasteiger partial charge in [0, 0.05) is 28.5 Å². The van der Waals surface area contributed by atoms with E-state index in [1.54, 1.807) is 18.2 Å². The smallest absolute Gasteiger partial charge is 0.335 e. The summed E-state index contributed by atoms with van der Waals surface area (Å²) < 4.78 is 24.4. The molecule has 0 saturated heterocycles. The molecular formula is C21H19N5O4S. The van der Waals surface area contributed by atoms with Crippen LogP contribution in [0.2, 0.25) is 0 Å². The number of nitrogens with one attached hydrogen (secondary N) is 2. The number of hydrogen-bond acceptors (Lipinski definition) is 6. The number of carboxylic acid groups (broad SMARTS) is 1. The van der Waals surface area contributed by atoms with Crippen LogP contribution in [0.5, 0.6) is 0 Å². The third-order valence-corrected chi connectivity index (χ3v) is 5.86. The van der Waals surface area contributed by atoms with Gasteiger partial charge in [0.05, 0.1) is 22.5 Å². The Balaban J connectivity index is 1.91. The first-order valence-corrected chi connectivity index (χ1v) is 10.8. The molecule has 0 aliphatic carbocycles. The average molecular weight is 437 g/mol. The van der Waals surface area contributed by atoms with Gasteiger partial charge in [-0.1, -0.05) is 18.2 Å². The average Bonchev–Trinajstić information content (AvgIpc) is 3.05. The lowest BCUT2D eigenvalue weighted by Crippen LogP contribution is -2.15. The lowest BCUT2D eigenvalue weighted by atomic mass is 10.0. The molecule has 4 rings (SSSR count). The lowest BCUT2D eigenvalue weighted by Gasteiger charge is -2.15. The van der Waals surface area contributed by atoms with E-state index in [0.29, 0.717) is 16.6 Å². The zero-order valence-corrected chi connectivity index (χ0v) is 17.5. The molecule has 2 aromatic heterocycles. The van der Waals surface area contributed by atoms with E-state index >= 15 is 0 Å². The van der Waals surface area contributed by atoms with Crippen molar-refractivity contribution in [1.82, 2.24) is 15.2 Å². The number of fused-ring (bicyclic) bond motifs is 1. The first-order chi connectivity index (χ1) is 14.6. The van der Waals surface area contributed by atoms with Crippen LogP contribution in [0.15, 0.2) is 53.6 Å². The van der Waals surface area contributed by atoms with Gasteiger partial charge in [-0.25, -0.2) is 18.4 Å². The molecule has 0 atom stereocenters. The fourth-order valence-corrected chi connectivity index (χ4v) is 4.17. The highest BCUT2D eigenvalue weighted by molar-refractivity contribution is 7.89. The largest absolute Gasteiger partial charge is 0.478 e. The Bertz CT molecular complexity index is 1420. The summed E-state index contributed by atoms with van der Waals surface area (Å²) in [4.78, 5) is 15.4. The molecule has 2 heterocycles. The Kier molecular flexibility index (Phi) is 4.96. The van der Waals surface area contributed by atoms with E-state index in [-0.39, 0.29) is 16.1 Å². The quantitative estimate of drug-likeness (QED) is 0.374. The van der Waals surface area contributed by atoms with Crippen LogP contribution in [0, 0.1) is 13.8 Å². The van der Waals surface area contributed by atoms with Crippen molar-refractivity contribution in [2.24, 2.45) is 5.14 Å². The Morgan fingerprint density at radius 2 is 1.94 bits per heavy atom. The molecule has 158 valence electrons. The van der Waals surface area contributed by atoms with Gasteiger partial charge in [0.2, 0.25) is 10.0 Å². The number of anilines is 2. The molecule has 31 heavy (non-hydrogen) atoms. The first kappa shape index (κ1) is 20.5. The van der Waals surface area contributed by atoms with Gasteiger partial charge in [0.1, 0.15) is 4.90 Å². The van der Waals surface area contributed by atoms with Crippen LogP contribution in [-0.2, 0) is 10.0 Å². The maximum atomic E-state index is 12.2.